The van der Waals surface area contributed by atoms with Crippen LogP contribution in [0.3, 0.4) is 0 Å². The highest BCUT2D eigenvalue weighted by atomic mass is 79.9. The van der Waals surface area contributed by atoms with Crippen LogP contribution in [0.25, 0.3) is 0 Å². The minimum absolute atomic E-state index is 0. The summed E-state index contributed by atoms with van der Waals surface area (Å²) >= 11 is 0. The maximum atomic E-state index is 14.1. The number of hydrogen-bond donors (Lipinski definition) is 2. The Bertz CT molecular complexity index is 1850. The Labute approximate surface area is 363 Å². The summed E-state index contributed by atoms with van der Waals surface area (Å²) in [5.74, 6) is -1.85. The highest BCUT2D eigenvalue weighted by molar-refractivity contribution is 5.79. The number of rotatable bonds is 12. The molecule has 1 saturated carbocycles. The number of ether oxygens (including phenoxy) is 4. The van der Waals surface area contributed by atoms with Crippen molar-refractivity contribution in [1.82, 2.24) is 0 Å². The SMILES string of the molecule is COc1cc(C[N+]2(C)C3CCC2CC([C@H]2C(C(=O)O)CCC[C@@]2(C(=O)O)C2CC4CCC(C2)[N+]4(C)Cc2ccc(OC(C)=O)c(OC)c2)C3)ccc1OC(C)=O.[Br-].[Br-]. The largest absolute Gasteiger partial charge is 1.00 e. The zero-order chi connectivity index (χ0) is 40.2. The molecule has 14 heteroatoms. The first-order valence-corrected chi connectivity index (χ1v) is 20.5. The van der Waals surface area contributed by atoms with Crippen LogP contribution in [-0.2, 0) is 32.3 Å². The summed E-state index contributed by atoms with van der Waals surface area (Å²) < 4.78 is 23.5. The number of quaternary nitrogens is 2. The number of carbonyl (C=O) groups is 4. The number of methoxy groups -OCH3 is 2. The number of carbonyl (C=O) groups excluding carboxylic acids is 2. The van der Waals surface area contributed by atoms with Crippen molar-refractivity contribution in [3.63, 3.8) is 0 Å². The normalized spacial score (nSPS) is 34.8. The number of benzene rings is 2. The number of carboxylic acid groups (broad SMARTS) is 2. The van der Waals surface area contributed by atoms with E-state index in [1.807, 2.05) is 24.3 Å². The quantitative estimate of drug-likeness (QED) is 0.177. The van der Waals surface area contributed by atoms with Gasteiger partial charge in [0.1, 0.15) is 13.1 Å². The van der Waals surface area contributed by atoms with Crippen LogP contribution in [-0.4, -0.2) is 95.5 Å². The van der Waals surface area contributed by atoms with Crippen molar-refractivity contribution in [3.8, 4) is 23.0 Å². The molecule has 1 aliphatic carbocycles. The van der Waals surface area contributed by atoms with Gasteiger partial charge in [-0.05, 0) is 67.0 Å². The van der Waals surface area contributed by atoms with Gasteiger partial charge in [-0.25, -0.2) is 0 Å². The molecule has 0 spiro atoms. The van der Waals surface area contributed by atoms with E-state index in [4.69, 9.17) is 18.9 Å². The second-order valence-corrected chi connectivity index (χ2v) is 18.0. The molecule has 58 heavy (non-hydrogen) atoms. The number of aliphatic carboxylic acids is 2. The van der Waals surface area contributed by atoms with Gasteiger partial charge in [-0.1, -0.05) is 6.42 Å². The molecule has 7 atom stereocenters. The zero-order valence-electron chi connectivity index (χ0n) is 34.6. The Balaban J connectivity index is 0.00000320. The fourth-order valence-corrected chi connectivity index (χ4v) is 12.9. The molecule has 2 N–H and O–H groups in total. The number of fused-ring (bicyclic) bond motifs is 4. The van der Waals surface area contributed by atoms with E-state index in [0.717, 1.165) is 84.5 Å². The molecule has 2 aromatic carbocycles. The second-order valence-electron chi connectivity index (χ2n) is 18.0. The first-order valence-electron chi connectivity index (χ1n) is 20.5. The van der Waals surface area contributed by atoms with E-state index in [1.165, 1.54) is 13.8 Å². The Morgan fingerprint density at radius 3 is 1.48 bits per heavy atom. The summed E-state index contributed by atoms with van der Waals surface area (Å²) in [4.78, 5) is 50.6. The summed E-state index contributed by atoms with van der Waals surface area (Å²) in [5, 5.41) is 22.3. The molecule has 0 radical (unpaired) electrons. The van der Waals surface area contributed by atoms with Gasteiger partial charge in [0.2, 0.25) is 0 Å². The van der Waals surface area contributed by atoms with Gasteiger partial charge in [0, 0.05) is 76.3 Å². The first kappa shape index (κ1) is 45.9. The lowest BCUT2D eigenvalue weighted by Gasteiger charge is -2.58. The average Bonchev–Trinajstić information content (AvgIpc) is 3.38. The van der Waals surface area contributed by atoms with Crippen LogP contribution in [0.1, 0.15) is 95.6 Å². The summed E-state index contributed by atoms with van der Waals surface area (Å²) in [6, 6.07) is 12.5. The van der Waals surface area contributed by atoms with Gasteiger partial charge in [-0.15, -0.1) is 0 Å². The number of nitrogens with zero attached hydrogens (tertiary/aromatic N) is 2. The molecule has 5 unspecified atom stereocenters. The molecule has 12 nitrogen and oxygen atoms in total. The molecule has 320 valence electrons. The van der Waals surface area contributed by atoms with Gasteiger partial charge in [-0.3, -0.25) is 19.2 Å². The van der Waals surface area contributed by atoms with Crippen LogP contribution in [0.5, 0.6) is 23.0 Å². The monoisotopic (exact) mass is 934 g/mol. The van der Waals surface area contributed by atoms with E-state index in [9.17, 15) is 29.4 Å². The first-order chi connectivity index (χ1) is 26.6. The molecule has 5 fully saturated rings. The Hall–Kier alpha value is -3.20. The third kappa shape index (κ3) is 8.16. The molecule has 4 saturated heterocycles. The van der Waals surface area contributed by atoms with Crippen LogP contribution < -0.4 is 52.9 Å². The topological polar surface area (TPSA) is 146 Å². The molecule has 4 heterocycles. The van der Waals surface area contributed by atoms with Gasteiger partial charge >= 0.3 is 23.9 Å². The standard InChI is InChI=1S/C44H58N2O10.2BrH/c1-26(47)55-37-15-9-28(18-39(37)53-5)24-45(3)32-11-12-33(45)21-30(20-32)41-36(42(49)50)8-7-17-44(41,43(51)52)31-22-34-13-14-35(23-31)46(34,4)25-29-10-16-38(56-27(2)48)40(19-29)54-6;;/h9-10,15-16,18-19,30-36,41H,7-8,11-14,17,20-25H2,1-6H3;2*1H/t30?,31?,32?,33?,34?,35?,36?,41-,44+,45?,46?;;/m0../s1. The van der Waals surface area contributed by atoms with Crippen LogP contribution in [0, 0.1) is 29.1 Å². The van der Waals surface area contributed by atoms with Gasteiger partial charge < -0.3 is 72.1 Å². The molecule has 2 aromatic rings. The van der Waals surface area contributed by atoms with Crippen molar-refractivity contribution in [2.24, 2.45) is 29.1 Å². The van der Waals surface area contributed by atoms with E-state index in [2.05, 4.69) is 14.1 Å². The second kappa shape index (κ2) is 17.8. The van der Waals surface area contributed by atoms with Crippen molar-refractivity contribution < 1.29 is 91.3 Å². The molecule has 0 amide bonds. The summed E-state index contributed by atoms with van der Waals surface area (Å²) in [5.41, 5.74) is 1.06. The molecule has 7 rings (SSSR count). The van der Waals surface area contributed by atoms with Crippen LogP contribution in [0.15, 0.2) is 36.4 Å². The third-order valence-corrected chi connectivity index (χ3v) is 15.4. The molecular weight excluding hydrogens is 876 g/mol. The van der Waals surface area contributed by atoms with Crippen molar-refractivity contribution in [2.75, 3.05) is 28.3 Å². The van der Waals surface area contributed by atoms with Crippen LogP contribution in [0.4, 0.5) is 0 Å². The predicted octanol–water partition coefficient (Wildman–Crippen LogP) is 0.610. The number of halogens is 2. The number of hydrogen-bond acceptors (Lipinski definition) is 8. The number of carboxylic acids is 2. The summed E-state index contributed by atoms with van der Waals surface area (Å²) in [6.45, 7) is 4.24. The summed E-state index contributed by atoms with van der Waals surface area (Å²) in [6.07, 6.45) is 8.93. The molecular formula is C44H60Br2N2O10. The maximum absolute atomic E-state index is 14.1. The third-order valence-electron chi connectivity index (χ3n) is 15.4. The van der Waals surface area contributed by atoms with E-state index >= 15 is 0 Å². The fraction of sp³-hybridized carbons (Fsp3) is 0.636. The van der Waals surface area contributed by atoms with Crippen molar-refractivity contribution in [2.45, 2.75) is 122 Å². The Kier molecular flexibility index (Phi) is 14.1. The fourth-order valence-electron chi connectivity index (χ4n) is 12.9. The lowest BCUT2D eigenvalue weighted by Crippen LogP contribution is -3.00. The molecule has 4 bridgehead atoms. The van der Waals surface area contributed by atoms with Gasteiger partial charge in [0.15, 0.2) is 23.0 Å². The minimum Gasteiger partial charge on any atom is -1.00 e. The number of esters is 2. The summed E-state index contributed by atoms with van der Waals surface area (Å²) in [7, 11) is 7.74. The molecule has 5 aliphatic rings. The van der Waals surface area contributed by atoms with Gasteiger partial charge in [0.05, 0.1) is 63.8 Å². The van der Waals surface area contributed by atoms with Crippen LogP contribution in [0.2, 0.25) is 0 Å². The van der Waals surface area contributed by atoms with E-state index in [1.54, 1.807) is 26.4 Å². The maximum Gasteiger partial charge on any atom is 0.310 e. The van der Waals surface area contributed by atoms with Gasteiger partial charge in [-0.2, -0.15) is 0 Å². The van der Waals surface area contributed by atoms with E-state index in [0.29, 0.717) is 42.3 Å². The average molecular weight is 937 g/mol. The highest BCUT2D eigenvalue weighted by Crippen LogP contribution is 2.62. The predicted molar refractivity (Wildman–Crippen MR) is 206 cm³/mol. The Morgan fingerprint density at radius 2 is 1.10 bits per heavy atom. The lowest BCUT2D eigenvalue weighted by molar-refractivity contribution is -0.962. The van der Waals surface area contributed by atoms with Crippen LogP contribution >= 0.6 is 0 Å². The minimum atomic E-state index is -1.09. The lowest BCUT2D eigenvalue weighted by atomic mass is 9.49. The number of piperidine rings is 2. The van der Waals surface area contributed by atoms with E-state index < -0.39 is 41.1 Å². The van der Waals surface area contributed by atoms with Crippen molar-refractivity contribution in [1.29, 1.82) is 0 Å². The smallest absolute Gasteiger partial charge is 0.310 e. The van der Waals surface area contributed by atoms with Gasteiger partial charge in [0.25, 0.3) is 0 Å². The highest BCUT2D eigenvalue weighted by Gasteiger charge is 2.66. The van der Waals surface area contributed by atoms with E-state index in [-0.39, 0.29) is 70.0 Å². The van der Waals surface area contributed by atoms with Crippen molar-refractivity contribution >= 4 is 23.9 Å². The zero-order valence-corrected chi connectivity index (χ0v) is 37.8. The Morgan fingerprint density at radius 1 is 0.672 bits per heavy atom. The van der Waals surface area contributed by atoms with Crippen molar-refractivity contribution in [3.05, 3.63) is 47.5 Å². The molecule has 0 aromatic heterocycles. The molecule has 4 aliphatic heterocycles.